The Morgan fingerprint density at radius 1 is 1.33 bits per heavy atom. The van der Waals surface area contributed by atoms with E-state index in [0.717, 1.165) is 0 Å². The Morgan fingerprint density at radius 2 is 2.07 bits per heavy atom. The van der Waals surface area contributed by atoms with Crippen molar-refractivity contribution in [3.05, 3.63) is 18.5 Å². The summed E-state index contributed by atoms with van der Waals surface area (Å²) in [7, 11) is 0. The topological polar surface area (TPSA) is 50.9 Å². The minimum atomic E-state index is -4.09. The van der Waals surface area contributed by atoms with Gasteiger partial charge in [-0.25, -0.2) is 0 Å². The van der Waals surface area contributed by atoms with Crippen molar-refractivity contribution in [1.82, 2.24) is 4.98 Å². The number of rotatable bonds is 4. The zero-order chi connectivity index (χ0) is 11.3. The van der Waals surface area contributed by atoms with Crippen LogP contribution in [0.15, 0.2) is 18.5 Å². The first-order valence-corrected chi connectivity index (χ1v) is 4.48. The molecule has 0 radical (unpaired) electrons. The molecule has 84 valence electrons. The highest BCUT2D eigenvalue weighted by Crippen LogP contribution is 2.21. The van der Waals surface area contributed by atoms with Gasteiger partial charge in [0.15, 0.2) is 0 Å². The number of nitrogen functional groups attached to an aromatic ring is 1. The molecule has 15 heavy (non-hydrogen) atoms. The SMILES string of the molecule is Nc1cncc(NCCCC(F)(F)F)c1. The fourth-order valence-electron chi connectivity index (χ4n) is 1.08. The molecule has 0 saturated carbocycles. The number of pyridine rings is 1. The van der Waals surface area contributed by atoms with Crippen LogP contribution in [-0.2, 0) is 0 Å². The second-order valence-corrected chi connectivity index (χ2v) is 3.15. The van der Waals surface area contributed by atoms with E-state index in [2.05, 4.69) is 10.3 Å². The van der Waals surface area contributed by atoms with Gasteiger partial charge in [0, 0.05) is 19.2 Å². The lowest BCUT2D eigenvalue weighted by atomic mass is 10.3. The highest BCUT2D eigenvalue weighted by atomic mass is 19.4. The smallest absolute Gasteiger partial charge is 0.389 e. The zero-order valence-electron chi connectivity index (χ0n) is 8.01. The average molecular weight is 219 g/mol. The van der Waals surface area contributed by atoms with E-state index in [1.54, 1.807) is 6.07 Å². The number of alkyl halides is 3. The molecule has 0 bridgehead atoms. The van der Waals surface area contributed by atoms with Gasteiger partial charge >= 0.3 is 6.18 Å². The van der Waals surface area contributed by atoms with Crippen LogP contribution in [0.25, 0.3) is 0 Å². The molecule has 0 saturated heterocycles. The zero-order valence-corrected chi connectivity index (χ0v) is 8.01. The van der Waals surface area contributed by atoms with Crippen molar-refractivity contribution >= 4 is 11.4 Å². The van der Waals surface area contributed by atoms with Gasteiger partial charge in [0.1, 0.15) is 0 Å². The molecule has 0 aliphatic heterocycles. The first-order chi connectivity index (χ1) is 6.97. The van der Waals surface area contributed by atoms with E-state index in [4.69, 9.17) is 5.73 Å². The standard InChI is InChI=1S/C9H12F3N3/c10-9(11,12)2-1-3-15-8-4-7(13)5-14-6-8/h4-6,15H,1-3,13H2. The fourth-order valence-corrected chi connectivity index (χ4v) is 1.08. The summed E-state index contributed by atoms with van der Waals surface area (Å²) in [6, 6.07) is 1.63. The molecule has 3 N–H and O–H groups in total. The third kappa shape index (κ3) is 5.09. The Labute approximate surface area is 85.5 Å². The second-order valence-electron chi connectivity index (χ2n) is 3.15. The lowest BCUT2D eigenvalue weighted by Gasteiger charge is -2.08. The second kappa shape index (κ2) is 4.86. The molecular weight excluding hydrogens is 207 g/mol. The quantitative estimate of drug-likeness (QED) is 0.764. The molecule has 1 rings (SSSR count). The molecular formula is C9H12F3N3. The molecule has 0 aliphatic carbocycles. The summed E-state index contributed by atoms with van der Waals surface area (Å²) in [6.07, 6.45) is -1.84. The summed E-state index contributed by atoms with van der Waals surface area (Å²) in [5.74, 6) is 0. The van der Waals surface area contributed by atoms with Crippen LogP contribution in [0.1, 0.15) is 12.8 Å². The van der Waals surface area contributed by atoms with Gasteiger partial charge in [0.2, 0.25) is 0 Å². The van der Waals surface area contributed by atoms with E-state index in [0.29, 0.717) is 11.4 Å². The molecule has 0 atom stereocenters. The number of nitrogens with zero attached hydrogens (tertiary/aromatic N) is 1. The van der Waals surface area contributed by atoms with Crippen LogP contribution in [0, 0.1) is 0 Å². The van der Waals surface area contributed by atoms with Gasteiger partial charge in [-0.3, -0.25) is 4.98 Å². The van der Waals surface area contributed by atoms with Crippen LogP contribution < -0.4 is 11.1 Å². The van der Waals surface area contributed by atoms with Crippen molar-refractivity contribution in [2.75, 3.05) is 17.6 Å². The summed E-state index contributed by atoms with van der Waals surface area (Å²) in [5, 5.41) is 2.82. The highest BCUT2D eigenvalue weighted by Gasteiger charge is 2.25. The number of hydrogen-bond acceptors (Lipinski definition) is 3. The molecule has 0 amide bonds. The number of nitrogens with two attached hydrogens (primary N) is 1. The molecule has 1 aromatic heterocycles. The molecule has 0 unspecified atom stereocenters. The largest absolute Gasteiger partial charge is 0.397 e. The summed E-state index contributed by atoms with van der Waals surface area (Å²) in [6.45, 7) is 0.255. The first-order valence-electron chi connectivity index (χ1n) is 4.48. The van der Waals surface area contributed by atoms with E-state index >= 15 is 0 Å². The first kappa shape index (κ1) is 11.6. The van der Waals surface area contributed by atoms with Gasteiger partial charge in [-0.1, -0.05) is 0 Å². The summed E-state index contributed by atoms with van der Waals surface area (Å²) in [4.78, 5) is 3.80. The van der Waals surface area contributed by atoms with Gasteiger partial charge in [0.05, 0.1) is 17.6 Å². The number of anilines is 2. The van der Waals surface area contributed by atoms with Crippen molar-refractivity contribution < 1.29 is 13.2 Å². The van der Waals surface area contributed by atoms with Gasteiger partial charge in [-0.2, -0.15) is 13.2 Å². The van der Waals surface area contributed by atoms with Crippen LogP contribution in [0.3, 0.4) is 0 Å². The minimum Gasteiger partial charge on any atom is -0.397 e. The molecule has 0 spiro atoms. The maximum Gasteiger partial charge on any atom is 0.389 e. The Balaban J connectivity index is 2.26. The van der Waals surface area contributed by atoms with Gasteiger partial charge in [-0.15, -0.1) is 0 Å². The van der Waals surface area contributed by atoms with E-state index in [-0.39, 0.29) is 13.0 Å². The molecule has 0 aliphatic rings. The number of aromatic nitrogens is 1. The summed E-state index contributed by atoms with van der Waals surface area (Å²) in [5.41, 5.74) is 6.57. The molecule has 1 aromatic rings. The van der Waals surface area contributed by atoms with Crippen LogP contribution in [-0.4, -0.2) is 17.7 Å². The molecule has 6 heteroatoms. The Hall–Kier alpha value is -1.46. The van der Waals surface area contributed by atoms with Crippen molar-refractivity contribution in [2.24, 2.45) is 0 Å². The third-order valence-electron chi connectivity index (χ3n) is 1.73. The lowest BCUT2D eigenvalue weighted by molar-refractivity contribution is -0.134. The van der Waals surface area contributed by atoms with Gasteiger partial charge in [-0.05, 0) is 12.5 Å². The van der Waals surface area contributed by atoms with Crippen molar-refractivity contribution in [3.63, 3.8) is 0 Å². The minimum absolute atomic E-state index is 0.0400. The average Bonchev–Trinajstić information content (AvgIpc) is 2.11. The van der Waals surface area contributed by atoms with Gasteiger partial charge < -0.3 is 11.1 Å². The van der Waals surface area contributed by atoms with Crippen LogP contribution >= 0.6 is 0 Å². The predicted molar refractivity (Wildman–Crippen MR) is 52.4 cm³/mol. The van der Waals surface area contributed by atoms with E-state index < -0.39 is 12.6 Å². The Morgan fingerprint density at radius 3 is 2.67 bits per heavy atom. The lowest BCUT2D eigenvalue weighted by Crippen LogP contribution is -2.11. The Kier molecular flexibility index (Phi) is 3.76. The number of hydrogen-bond donors (Lipinski definition) is 2. The van der Waals surface area contributed by atoms with Gasteiger partial charge in [0.25, 0.3) is 0 Å². The highest BCUT2D eigenvalue weighted by molar-refractivity contribution is 5.51. The summed E-state index contributed by atoms with van der Waals surface area (Å²) >= 11 is 0. The molecule has 3 nitrogen and oxygen atoms in total. The monoisotopic (exact) mass is 219 g/mol. The van der Waals surface area contributed by atoms with E-state index in [9.17, 15) is 13.2 Å². The van der Waals surface area contributed by atoms with Crippen molar-refractivity contribution in [3.8, 4) is 0 Å². The molecule has 0 aromatic carbocycles. The van der Waals surface area contributed by atoms with E-state index in [1.165, 1.54) is 12.4 Å². The summed E-state index contributed by atoms with van der Waals surface area (Å²) < 4.78 is 35.4. The van der Waals surface area contributed by atoms with E-state index in [1.807, 2.05) is 0 Å². The van der Waals surface area contributed by atoms with Crippen molar-refractivity contribution in [2.45, 2.75) is 19.0 Å². The van der Waals surface area contributed by atoms with Crippen molar-refractivity contribution in [1.29, 1.82) is 0 Å². The Bertz CT molecular complexity index is 312. The predicted octanol–water partition coefficient (Wildman–Crippen LogP) is 2.42. The maximum absolute atomic E-state index is 11.8. The van der Waals surface area contributed by atoms with Crippen LogP contribution in [0.4, 0.5) is 24.5 Å². The fraction of sp³-hybridized carbons (Fsp3) is 0.444. The van der Waals surface area contributed by atoms with Crippen LogP contribution in [0.5, 0.6) is 0 Å². The third-order valence-corrected chi connectivity index (χ3v) is 1.73. The molecule has 0 fully saturated rings. The number of halogens is 3. The normalized spacial score (nSPS) is 11.4. The number of nitrogens with one attached hydrogen (secondary N) is 1. The molecule has 1 heterocycles. The maximum atomic E-state index is 11.8. The van der Waals surface area contributed by atoms with Crippen LogP contribution in [0.2, 0.25) is 0 Å².